The summed E-state index contributed by atoms with van der Waals surface area (Å²) in [5.74, 6) is -0.271. The van der Waals surface area contributed by atoms with Crippen LogP contribution in [0.1, 0.15) is 32.6 Å². The Morgan fingerprint density at radius 3 is 2.55 bits per heavy atom. The monoisotopic (exact) mass is 159 g/mol. The molecule has 0 aliphatic heterocycles. The van der Waals surface area contributed by atoms with Crippen molar-refractivity contribution in [3.8, 4) is 0 Å². The van der Waals surface area contributed by atoms with Crippen LogP contribution in [0.2, 0.25) is 0 Å². The first-order chi connectivity index (χ1) is 5.22. The van der Waals surface area contributed by atoms with Crippen molar-refractivity contribution in [3.05, 3.63) is 0 Å². The fraction of sp³-hybridized carbons (Fsp3) is 0.875. The van der Waals surface area contributed by atoms with Gasteiger partial charge in [-0.05, 0) is 19.3 Å². The second-order valence-corrected chi connectivity index (χ2v) is 2.75. The van der Waals surface area contributed by atoms with Crippen molar-refractivity contribution < 1.29 is 9.90 Å². The predicted molar refractivity (Wildman–Crippen MR) is 43.9 cm³/mol. The second kappa shape index (κ2) is 6.16. The van der Waals surface area contributed by atoms with Crippen LogP contribution in [0, 0.1) is 5.92 Å². The van der Waals surface area contributed by atoms with Gasteiger partial charge in [0.1, 0.15) is 0 Å². The number of nitrogens with two attached hydrogens (primary N) is 1. The summed E-state index contributed by atoms with van der Waals surface area (Å²) in [5, 5.41) is 8.51. The molecule has 0 aromatic carbocycles. The van der Waals surface area contributed by atoms with Crippen molar-refractivity contribution in [2.24, 2.45) is 11.7 Å². The fourth-order valence-corrected chi connectivity index (χ4v) is 1.12. The summed E-state index contributed by atoms with van der Waals surface area (Å²) < 4.78 is 0. The molecule has 0 radical (unpaired) electrons. The normalized spacial score (nSPS) is 12.9. The number of aliphatic hydroxyl groups excluding tert-OH is 1. The molecule has 1 unspecified atom stereocenters. The standard InChI is InChI=1S/C8H17NO2/c1-2-4-7(8(9)11)5-3-6-10/h7,10H,2-6H2,1H3,(H2,9,11). The summed E-state index contributed by atoms with van der Waals surface area (Å²) in [6.07, 6.45) is 3.21. The van der Waals surface area contributed by atoms with Crippen molar-refractivity contribution in [3.63, 3.8) is 0 Å². The predicted octanol–water partition coefficient (Wildman–Crippen LogP) is 0.661. The van der Waals surface area contributed by atoms with Crippen molar-refractivity contribution in [2.75, 3.05) is 6.61 Å². The molecular formula is C8H17NO2. The highest BCUT2D eigenvalue weighted by Crippen LogP contribution is 2.11. The number of primary amides is 1. The molecule has 0 fully saturated rings. The summed E-state index contributed by atoms with van der Waals surface area (Å²) in [7, 11) is 0. The summed E-state index contributed by atoms with van der Waals surface area (Å²) in [4.78, 5) is 10.7. The van der Waals surface area contributed by atoms with Crippen LogP contribution in [-0.2, 0) is 4.79 Å². The van der Waals surface area contributed by atoms with Crippen LogP contribution in [-0.4, -0.2) is 17.6 Å². The summed E-state index contributed by atoms with van der Waals surface area (Å²) >= 11 is 0. The molecule has 11 heavy (non-hydrogen) atoms. The molecule has 3 N–H and O–H groups in total. The number of hydrogen-bond acceptors (Lipinski definition) is 2. The third-order valence-corrected chi connectivity index (χ3v) is 1.75. The zero-order chi connectivity index (χ0) is 8.69. The number of carbonyl (C=O) groups is 1. The van der Waals surface area contributed by atoms with Gasteiger partial charge in [0.2, 0.25) is 5.91 Å². The molecule has 0 rings (SSSR count). The first kappa shape index (κ1) is 10.4. The number of rotatable bonds is 6. The molecule has 66 valence electrons. The minimum atomic E-state index is -0.236. The highest BCUT2D eigenvalue weighted by Gasteiger charge is 2.12. The van der Waals surface area contributed by atoms with Gasteiger partial charge in [0, 0.05) is 12.5 Å². The number of amides is 1. The lowest BCUT2D eigenvalue weighted by Crippen LogP contribution is -2.23. The van der Waals surface area contributed by atoms with Crippen molar-refractivity contribution in [2.45, 2.75) is 32.6 Å². The summed E-state index contributed by atoms with van der Waals surface area (Å²) in [6.45, 7) is 2.17. The summed E-state index contributed by atoms with van der Waals surface area (Å²) in [6, 6.07) is 0. The molecule has 0 aromatic rings. The lowest BCUT2D eigenvalue weighted by Gasteiger charge is -2.09. The number of carbonyl (C=O) groups excluding carboxylic acids is 1. The van der Waals surface area contributed by atoms with Gasteiger partial charge in [-0.1, -0.05) is 13.3 Å². The largest absolute Gasteiger partial charge is 0.396 e. The van der Waals surface area contributed by atoms with Gasteiger partial charge in [0.25, 0.3) is 0 Å². The first-order valence-electron chi connectivity index (χ1n) is 4.12. The van der Waals surface area contributed by atoms with Gasteiger partial charge in [-0.25, -0.2) is 0 Å². The molecule has 1 amide bonds. The van der Waals surface area contributed by atoms with E-state index in [1.807, 2.05) is 6.92 Å². The molecule has 0 heterocycles. The number of aliphatic hydroxyl groups is 1. The van der Waals surface area contributed by atoms with E-state index in [4.69, 9.17) is 10.8 Å². The molecule has 1 atom stereocenters. The molecule has 0 bridgehead atoms. The third kappa shape index (κ3) is 4.79. The SMILES string of the molecule is CCCC(CCCO)C(N)=O. The van der Waals surface area contributed by atoms with Gasteiger partial charge in [0.15, 0.2) is 0 Å². The smallest absolute Gasteiger partial charge is 0.220 e. The van der Waals surface area contributed by atoms with Crippen LogP contribution < -0.4 is 5.73 Å². The van der Waals surface area contributed by atoms with E-state index >= 15 is 0 Å². The molecular weight excluding hydrogens is 142 g/mol. The molecule has 0 aliphatic rings. The van der Waals surface area contributed by atoms with Gasteiger partial charge in [-0.2, -0.15) is 0 Å². The molecule has 0 spiro atoms. The van der Waals surface area contributed by atoms with Crippen LogP contribution >= 0.6 is 0 Å². The Hall–Kier alpha value is -0.570. The molecule has 0 aliphatic carbocycles. The maximum Gasteiger partial charge on any atom is 0.220 e. The topological polar surface area (TPSA) is 63.3 Å². The lowest BCUT2D eigenvalue weighted by atomic mass is 9.98. The Bertz CT molecular complexity index is 115. The van der Waals surface area contributed by atoms with Crippen LogP contribution in [0.25, 0.3) is 0 Å². The fourth-order valence-electron chi connectivity index (χ4n) is 1.12. The number of hydrogen-bond donors (Lipinski definition) is 2. The van der Waals surface area contributed by atoms with E-state index in [1.165, 1.54) is 0 Å². The highest BCUT2D eigenvalue weighted by molar-refractivity contribution is 5.76. The van der Waals surface area contributed by atoms with E-state index < -0.39 is 0 Å². The third-order valence-electron chi connectivity index (χ3n) is 1.75. The Balaban J connectivity index is 3.60. The lowest BCUT2D eigenvalue weighted by molar-refractivity contribution is -0.122. The quantitative estimate of drug-likeness (QED) is 0.598. The average molecular weight is 159 g/mol. The maximum atomic E-state index is 10.7. The van der Waals surface area contributed by atoms with E-state index in [-0.39, 0.29) is 18.4 Å². The molecule has 0 saturated heterocycles. The Morgan fingerprint density at radius 2 is 2.18 bits per heavy atom. The van der Waals surface area contributed by atoms with Crippen molar-refractivity contribution >= 4 is 5.91 Å². The molecule has 3 heteroatoms. The van der Waals surface area contributed by atoms with Crippen LogP contribution in [0.15, 0.2) is 0 Å². The van der Waals surface area contributed by atoms with Crippen LogP contribution in [0.4, 0.5) is 0 Å². The Labute approximate surface area is 67.6 Å². The molecule has 0 aromatic heterocycles. The van der Waals surface area contributed by atoms with Gasteiger partial charge in [-0.3, -0.25) is 4.79 Å². The van der Waals surface area contributed by atoms with E-state index in [0.29, 0.717) is 6.42 Å². The Kier molecular flexibility index (Phi) is 5.84. The van der Waals surface area contributed by atoms with Crippen molar-refractivity contribution in [1.29, 1.82) is 0 Å². The zero-order valence-electron chi connectivity index (χ0n) is 7.05. The van der Waals surface area contributed by atoms with Gasteiger partial charge >= 0.3 is 0 Å². The average Bonchev–Trinajstić information content (AvgIpc) is 1.97. The Morgan fingerprint density at radius 1 is 1.55 bits per heavy atom. The van der Waals surface area contributed by atoms with Gasteiger partial charge in [0.05, 0.1) is 0 Å². The van der Waals surface area contributed by atoms with E-state index in [0.717, 1.165) is 19.3 Å². The second-order valence-electron chi connectivity index (χ2n) is 2.75. The van der Waals surface area contributed by atoms with E-state index in [9.17, 15) is 4.79 Å². The van der Waals surface area contributed by atoms with Crippen molar-refractivity contribution in [1.82, 2.24) is 0 Å². The molecule has 3 nitrogen and oxygen atoms in total. The van der Waals surface area contributed by atoms with Crippen LogP contribution in [0.5, 0.6) is 0 Å². The summed E-state index contributed by atoms with van der Waals surface area (Å²) in [5.41, 5.74) is 5.14. The maximum absolute atomic E-state index is 10.7. The van der Waals surface area contributed by atoms with Gasteiger partial charge in [-0.15, -0.1) is 0 Å². The zero-order valence-corrected chi connectivity index (χ0v) is 7.05. The minimum Gasteiger partial charge on any atom is -0.396 e. The highest BCUT2D eigenvalue weighted by atomic mass is 16.2. The first-order valence-corrected chi connectivity index (χ1v) is 4.12. The van der Waals surface area contributed by atoms with Crippen LogP contribution in [0.3, 0.4) is 0 Å². The van der Waals surface area contributed by atoms with E-state index in [2.05, 4.69) is 0 Å². The molecule has 0 saturated carbocycles. The minimum absolute atomic E-state index is 0.0350. The van der Waals surface area contributed by atoms with E-state index in [1.54, 1.807) is 0 Å². The van der Waals surface area contributed by atoms with Gasteiger partial charge < -0.3 is 10.8 Å².